The van der Waals surface area contributed by atoms with Crippen LogP contribution in [-0.4, -0.2) is 23.7 Å². The highest BCUT2D eigenvalue weighted by Crippen LogP contribution is 2.45. The van der Waals surface area contributed by atoms with E-state index in [1.165, 1.54) is 18.2 Å². The fourth-order valence-electron chi connectivity index (χ4n) is 2.23. The molecule has 1 amide bonds. The third-order valence-electron chi connectivity index (χ3n) is 3.27. The van der Waals surface area contributed by atoms with Gasteiger partial charge in [-0.25, -0.2) is 4.98 Å². The van der Waals surface area contributed by atoms with Crippen molar-refractivity contribution in [2.24, 2.45) is 0 Å². The van der Waals surface area contributed by atoms with Gasteiger partial charge < -0.3 is 20.1 Å². The number of benzene rings is 1. The fourth-order valence-corrected chi connectivity index (χ4v) is 2.23. The van der Waals surface area contributed by atoms with Crippen molar-refractivity contribution in [2.75, 3.05) is 17.2 Å². The highest BCUT2D eigenvalue weighted by molar-refractivity contribution is 6.08. The van der Waals surface area contributed by atoms with Gasteiger partial charge in [0, 0.05) is 12.7 Å². The number of carbonyl (C=O) groups excluding carboxylic acids is 1. The third-order valence-corrected chi connectivity index (χ3v) is 3.27. The zero-order valence-corrected chi connectivity index (χ0v) is 12.8. The molecule has 2 N–H and O–H groups in total. The molecule has 126 valence electrons. The molecule has 0 saturated heterocycles. The van der Waals surface area contributed by atoms with Crippen LogP contribution in [0.2, 0.25) is 0 Å². The number of amides is 1. The first-order valence-electron chi connectivity index (χ1n) is 7.39. The number of hydrogen-bond acceptors (Lipinski definition) is 5. The lowest BCUT2D eigenvalue weighted by atomic mass is 10.2. The number of alkyl halides is 2. The molecule has 1 aromatic carbocycles. The molecule has 0 unspecified atom stereocenters. The number of aromatic nitrogens is 1. The zero-order valence-electron chi connectivity index (χ0n) is 12.8. The van der Waals surface area contributed by atoms with E-state index in [2.05, 4.69) is 25.1 Å². The van der Waals surface area contributed by atoms with E-state index in [4.69, 9.17) is 0 Å². The Morgan fingerprint density at radius 3 is 2.88 bits per heavy atom. The van der Waals surface area contributed by atoms with Gasteiger partial charge in [0.05, 0.1) is 11.3 Å². The Hall–Kier alpha value is -2.90. The summed E-state index contributed by atoms with van der Waals surface area (Å²) in [6.07, 6.45) is -1.32. The number of nitrogens with one attached hydrogen (secondary N) is 2. The van der Waals surface area contributed by atoms with Gasteiger partial charge in [-0.2, -0.15) is 0 Å². The standard InChI is InChI=1S/C16H15F2N3O3/c1-2-8-19-14-10(5-4-9-20-14)15(22)21-11-6-3-7-12-13(11)24-16(17,18)23-12/h3-7,9H,2,8H2,1H3,(H,19,20)(H,21,22). The van der Waals surface area contributed by atoms with Crippen molar-refractivity contribution in [2.45, 2.75) is 19.6 Å². The SMILES string of the molecule is CCCNc1ncccc1C(=O)Nc1cccc2c1OC(F)(F)O2. The topological polar surface area (TPSA) is 72.5 Å². The van der Waals surface area contributed by atoms with Crippen molar-refractivity contribution < 1.29 is 23.0 Å². The second-order valence-electron chi connectivity index (χ2n) is 5.08. The molecule has 3 rings (SSSR count). The number of rotatable bonds is 5. The number of fused-ring (bicyclic) bond motifs is 1. The minimum Gasteiger partial charge on any atom is -0.395 e. The molecule has 0 radical (unpaired) electrons. The van der Waals surface area contributed by atoms with Gasteiger partial charge >= 0.3 is 6.29 Å². The van der Waals surface area contributed by atoms with Crippen LogP contribution >= 0.6 is 0 Å². The first kappa shape index (κ1) is 16.0. The number of halogens is 2. The molecule has 0 saturated carbocycles. The molecular weight excluding hydrogens is 320 g/mol. The van der Waals surface area contributed by atoms with E-state index in [0.717, 1.165) is 6.42 Å². The number of anilines is 2. The number of pyridine rings is 1. The molecule has 24 heavy (non-hydrogen) atoms. The Morgan fingerprint density at radius 1 is 1.25 bits per heavy atom. The smallest absolute Gasteiger partial charge is 0.395 e. The molecule has 0 fully saturated rings. The Labute approximate surface area is 136 Å². The molecular formula is C16H15F2N3O3. The van der Waals surface area contributed by atoms with E-state index in [9.17, 15) is 13.6 Å². The van der Waals surface area contributed by atoms with E-state index in [0.29, 0.717) is 17.9 Å². The molecule has 6 nitrogen and oxygen atoms in total. The summed E-state index contributed by atoms with van der Waals surface area (Å²) >= 11 is 0. The van der Waals surface area contributed by atoms with Crippen molar-refractivity contribution in [1.29, 1.82) is 0 Å². The van der Waals surface area contributed by atoms with Gasteiger partial charge in [-0.3, -0.25) is 4.79 Å². The summed E-state index contributed by atoms with van der Waals surface area (Å²) in [4.78, 5) is 16.6. The summed E-state index contributed by atoms with van der Waals surface area (Å²) in [5, 5.41) is 5.60. The predicted molar refractivity (Wildman–Crippen MR) is 83.6 cm³/mol. The van der Waals surface area contributed by atoms with Crippen LogP contribution in [0.15, 0.2) is 36.5 Å². The molecule has 0 aliphatic carbocycles. The molecule has 8 heteroatoms. The Balaban J connectivity index is 1.84. The van der Waals surface area contributed by atoms with Gasteiger partial charge in [0.15, 0.2) is 11.5 Å². The average molecular weight is 335 g/mol. The van der Waals surface area contributed by atoms with Crippen molar-refractivity contribution in [1.82, 2.24) is 4.98 Å². The van der Waals surface area contributed by atoms with E-state index >= 15 is 0 Å². The molecule has 1 aromatic heterocycles. The summed E-state index contributed by atoms with van der Waals surface area (Å²) in [5.41, 5.74) is 0.397. The number of para-hydroxylation sites is 1. The zero-order chi connectivity index (χ0) is 17.2. The van der Waals surface area contributed by atoms with E-state index < -0.39 is 12.2 Å². The fraction of sp³-hybridized carbons (Fsp3) is 0.250. The summed E-state index contributed by atoms with van der Waals surface area (Å²) in [6.45, 7) is 2.64. The number of hydrogen-bond donors (Lipinski definition) is 2. The molecule has 0 bridgehead atoms. The van der Waals surface area contributed by atoms with Crippen molar-refractivity contribution in [3.8, 4) is 11.5 Å². The van der Waals surface area contributed by atoms with Crippen molar-refractivity contribution in [3.05, 3.63) is 42.1 Å². The van der Waals surface area contributed by atoms with E-state index in [-0.39, 0.29) is 17.2 Å². The van der Waals surface area contributed by atoms with Crippen molar-refractivity contribution >= 4 is 17.4 Å². The maximum Gasteiger partial charge on any atom is 0.586 e. The van der Waals surface area contributed by atoms with Gasteiger partial charge in [0.1, 0.15) is 5.82 Å². The van der Waals surface area contributed by atoms with Gasteiger partial charge in [0.25, 0.3) is 5.91 Å². The number of carbonyl (C=O) groups is 1. The van der Waals surface area contributed by atoms with Gasteiger partial charge in [0.2, 0.25) is 0 Å². The van der Waals surface area contributed by atoms with Crippen molar-refractivity contribution in [3.63, 3.8) is 0 Å². The molecule has 0 spiro atoms. The highest BCUT2D eigenvalue weighted by Gasteiger charge is 2.44. The molecule has 2 aromatic rings. The molecule has 1 aliphatic rings. The van der Waals surface area contributed by atoms with Crippen LogP contribution < -0.4 is 20.1 Å². The normalized spacial score (nSPS) is 14.3. The second kappa shape index (κ2) is 6.31. The quantitative estimate of drug-likeness (QED) is 0.875. The summed E-state index contributed by atoms with van der Waals surface area (Å²) in [7, 11) is 0. The molecule has 2 heterocycles. The third kappa shape index (κ3) is 3.22. The largest absolute Gasteiger partial charge is 0.586 e. The van der Waals surface area contributed by atoms with Crippen LogP contribution in [0.3, 0.4) is 0 Å². The Morgan fingerprint density at radius 2 is 2.08 bits per heavy atom. The minimum atomic E-state index is -3.74. The monoisotopic (exact) mass is 335 g/mol. The van der Waals surface area contributed by atoms with Gasteiger partial charge in [-0.1, -0.05) is 13.0 Å². The lowest BCUT2D eigenvalue weighted by Gasteiger charge is -2.12. The molecule has 1 aliphatic heterocycles. The first-order chi connectivity index (χ1) is 11.5. The number of nitrogens with zero attached hydrogens (tertiary/aromatic N) is 1. The van der Waals surface area contributed by atoms with Crippen LogP contribution in [0.4, 0.5) is 20.3 Å². The maximum atomic E-state index is 13.2. The number of ether oxygens (including phenoxy) is 2. The lowest BCUT2D eigenvalue weighted by Crippen LogP contribution is -2.26. The second-order valence-corrected chi connectivity index (χ2v) is 5.08. The van der Waals surface area contributed by atoms with Gasteiger partial charge in [-0.05, 0) is 30.7 Å². The van der Waals surface area contributed by atoms with Crippen LogP contribution in [0, 0.1) is 0 Å². The first-order valence-corrected chi connectivity index (χ1v) is 7.39. The van der Waals surface area contributed by atoms with Crippen LogP contribution in [-0.2, 0) is 0 Å². The average Bonchev–Trinajstić information content (AvgIpc) is 2.88. The lowest BCUT2D eigenvalue weighted by molar-refractivity contribution is -0.286. The summed E-state index contributed by atoms with van der Waals surface area (Å²) in [6, 6.07) is 7.49. The van der Waals surface area contributed by atoms with Gasteiger partial charge in [-0.15, -0.1) is 8.78 Å². The van der Waals surface area contributed by atoms with Crippen LogP contribution in [0.5, 0.6) is 11.5 Å². The maximum absolute atomic E-state index is 13.2. The van der Waals surface area contributed by atoms with E-state index in [1.54, 1.807) is 18.3 Å². The van der Waals surface area contributed by atoms with E-state index in [1.807, 2.05) is 6.92 Å². The summed E-state index contributed by atoms with van der Waals surface area (Å²) in [5.74, 6) is -0.406. The Kier molecular flexibility index (Phi) is 4.20. The molecule has 0 atom stereocenters. The van der Waals surface area contributed by atoms with Crippen LogP contribution in [0.1, 0.15) is 23.7 Å². The predicted octanol–water partition coefficient (Wildman–Crippen LogP) is 3.48. The van der Waals surface area contributed by atoms with Crippen LogP contribution in [0.25, 0.3) is 0 Å². The highest BCUT2D eigenvalue weighted by atomic mass is 19.3. The summed E-state index contributed by atoms with van der Waals surface area (Å²) < 4.78 is 35.2. The Bertz CT molecular complexity index is 768. The minimum absolute atomic E-state index is 0.0972.